The smallest absolute Gasteiger partial charge is 0.347 e. The molecule has 4 atom stereocenters. The molecule has 0 spiro atoms. The van der Waals surface area contributed by atoms with Crippen molar-refractivity contribution in [3.05, 3.63) is 150 Å². The van der Waals surface area contributed by atoms with Crippen molar-refractivity contribution in [2.75, 3.05) is 33.9 Å². The molecule has 1 saturated carbocycles. The Morgan fingerprint density at radius 2 is 1.53 bits per heavy atom. The second-order valence-electron chi connectivity index (χ2n) is 16.1. The van der Waals surface area contributed by atoms with Crippen molar-refractivity contribution < 1.29 is 38.0 Å². The Morgan fingerprint density at radius 1 is 0.879 bits per heavy atom. The Labute approximate surface area is 380 Å². The molecule has 340 valence electrons. The number of carbonyl (C=O) groups excluding carboxylic acids is 2. The first-order valence-electron chi connectivity index (χ1n) is 20.8. The predicted octanol–water partition coefficient (Wildman–Crippen LogP) is 5.00. The molecule has 4 unspecified atom stereocenters. The lowest BCUT2D eigenvalue weighted by molar-refractivity contribution is -0.138. The highest BCUT2D eigenvalue weighted by Gasteiger charge is 2.68. The van der Waals surface area contributed by atoms with Crippen LogP contribution in [0.4, 0.5) is 10.1 Å². The summed E-state index contributed by atoms with van der Waals surface area (Å²) < 4.78 is 40.8. The van der Waals surface area contributed by atoms with E-state index in [9.17, 15) is 28.7 Å². The van der Waals surface area contributed by atoms with E-state index in [1.165, 1.54) is 66.6 Å². The van der Waals surface area contributed by atoms with E-state index in [1.54, 1.807) is 73.8 Å². The second kappa shape index (κ2) is 16.8. The maximum atomic E-state index is 15.4. The van der Waals surface area contributed by atoms with Gasteiger partial charge < -0.3 is 28.6 Å². The van der Waals surface area contributed by atoms with Gasteiger partial charge >= 0.3 is 11.4 Å². The first-order chi connectivity index (χ1) is 31.7. The second-order valence-corrected chi connectivity index (χ2v) is 16.5. The van der Waals surface area contributed by atoms with Crippen LogP contribution in [0.3, 0.4) is 0 Å². The Morgan fingerprint density at radius 3 is 2.18 bits per heavy atom. The van der Waals surface area contributed by atoms with Crippen molar-refractivity contribution >= 4 is 46.2 Å². The van der Waals surface area contributed by atoms with Gasteiger partial charge in [0.05, 0.1) is 69.1 Å². The number of allylic oxidation sites excluding steroid dienone is 3. The van der Waals surface area contributed by atoms with Crippen LogP contribution >= 0.6 is 11.6 Å². The minimum atomic E-state index is -1.65. The number of amides is 2. The number of imide groups is 1. The number of carbonyl (C=O) groups is 2. The van der Waals surface area contributed by atoms with Gasteiger partial charge in [-0.3, -0.25) is 19.8 Å². The first kappa shape index (κ1) is 43.6. The van der Waals surface area contributed by atoms with Crippen LogP contribution in [0.1, 0.15) is 29.3 Å². The van der Waals surface area contributed by atoms with Crippen LogP contribution in [0.2, 0.25) is 5.02 Å². The largest absolute Gasteiger partial charge is 0.502 e. The molecule has 66 heavy (non-hydrogen) atoms. The molecule has 2 aromatic heterocycles. The van der Waals surface area contributed by atoms with Crippen molar-refractivity contribution in [2.45, 2.75) is 37.4 Å². The number of fused-ring (bicyclic) bond motifs is 5. The number of benzene rings is 4. The zero-order valence-electron chi connectivity index (χ0n) is 36.3. The van der Waals surface area contributed by atoms with Crippen molar-refractivity contribution in [3.8, 4) is 28.7 Å². The van der Waals surface area contributed by atoms with Crippen molar-refractivity contribution in [3.63, 3.8) is 0 Å². The van der Waals surface area contributed by atoms with Gasteiger partial charge in [-0.2, -0.15) is 5.01 Å². The Kier molecular flexibility index (Phi) is 11.1. The fourth-order valence-electron chi connectivity index (χ4n) is 9.71. The Hall–Kier alpha value is -7.60. The monoisotopic (exact) mass is 919 g/mol. The summed E-state index contributed by atoms with van der Waals surface area (Å²) in [5.74, 6) is -3.02. The molecule has 0 bridgehead atoms. The van der Waals surface area contributed by atoms with Gasteiger partial charge in [-0.25, -0.2) is 32.9 Å². The molecule has 0 radical (unpaired) electrons. The number of hydrogen-bond donors (Lipinski definition) is 2. The van der Waals surface area contributed by atoms with Crippen molar-refractivity contribution in [1.29, 1.82) is 0 Å². The summed E-state index contributed by atoms with van der Waals surface area (Å²) in [5, 5.41) is 12.0. The minimum Gasteiger partial charge on any atom is -0.502 e. The molecule has 2 amide bonds. The molecular formula is C47H43ClFN7O10. The molecule has 4 aromatic carbocycles. The topological polar surface area (TPSA) is 190 Å². The third kappa shape index (κ3) is 6.81. The van der Waals surface area contributed by atoms with Crippen molar-refractivity contribution in [2.24, 2.45) is 18.9 Å². The average molecular weight is 920 g/mol. The van der Waals surface area contributed by atoms with Gasteiger partial charge in [0, 0.05) is 43.1 Å². The van der Waals surface area contributed by atoms with Crippen molar-refractivity contribution in [1.82, 2.24) is 28.5 Å². The lowest BCUT2D eigenvalue weighted by Gasteiger charge is -2.47. The lowest BCUT2D eigenvalue weighted by atomic mass is 9.54. The summed E-state index contributed by atoms with van der Waals surface area (Å²) in [4.78, 5) is 77.5. The number of methoxy groups -OCH3 is 4. The number of phenolic OH excluding ortho intramolecular Hbond substituents is 1. The van der Waals surface area contributed by atoms with E-state index in [2.05, 4.69) is 10.4 Å². The third-order valence-corrected chi connectivity index (χ3v) is 13.1. The number of phenols is 1. The van der Waals surface area contributed by atoms with E-state index in [0.717, 1.165) is 9.58 Å². The van der Waals surface area contributed by atoms with Crippen LogP contribution < -0.4 is 41.3 Å². The maximum absolute atomic E-state index is 15.4. The predicted molar refractivity (Wildman–Crippen MR) is 241 cm³/mol. The molecule has 9 rings (SSSR count). The van der Waals surface area contributed by atoms with E-state index in [4.69, 9.17) is 30.5 Å². The molecule has 19 heteroatoms. The molecule has 17 nitrogen and oxygen atoms in total. The van der Waals surface area contributed by atoms with Crippen LogP contribution in [0, 0.1) is 17.7 Å². The lowest BCUT2D eigenvalue weighted by Crippen LogP contribution is -2.54. The molecule has 4 heterocycles. The van der Waals surface area contributed by atoms with Gasteiger partial charge in [-0.05, 0) is 71.7 Å². The average Bonchev–Trinajstić information content (AvgIpc) is 3.69. The zero-order valence-corrected chi connectivity index (χ0v) is 37.0. The summed E-state index contributed by atoms with van der Waals surface area (Å²) in [6.45, 7) is -0.275. The van der Waals surface area contributed by atoms with Crippen LogP contribution in [-0.4, -0.2) is 73.9 Å². The molecule has 6 aromatic rings. The fraction of sp³-hybridized carbons (Fsp3) is 0.277. The summed E-state index contributed by atoms with van der Waals surface area (Å²) in [7, 11) is 7.34. The number of hydrazine groups is 1. The molecule has 2 N–H and O–H groups in total. The van der Waals surface area contributed by atoms with Gasteiger partial charge in [0.1, 0.15) is 11.5 Å². The molecule has 3 aliphatic rings. The van der Waals surface area contributed by atoms with Gasteiger partial charge in [0.2, 0.25) is 5.75 Å². The highest BCUT2D eigenvalue weighted by molar-refractivity contribution is 6.30. The first-order valence-corrected chi connectivity index (χ1v) is 21.2. The highest BCUT2D eigenvalue weighted by Crippen LogP contribution is 2.59. The van der Waals surface area contributed by atoms with E-state index in [0.29, 0.717) is 44.3 Å². The molecule has 2 fully saturated rings. The van der Waals surface area contributed by atoms with Gasteiger partial charge in [0.15, 0.2) is 23.0 Å². The quantitative estimate of drug-likeness (QED) is 0.124. The Balaban J connectivity index is 1.17. The van der Waals surface area contributed by atoms with Gasteiger partial charge in [-0.1, -0.05) is 42.0 Å². The fourth-order valence-corrected chi connectivity index (χ4v) is 9.83. The minimum absolute atomic E-state index is 0.0727. The summed E-state index contributed by atoms with van der Waals surface area (Å²) in [6.07, 6.45) is 5.10. The van der Waals surface area contributed by atoms with Gasteiger partial charge in [0.25, 0.3) is 17.4 Å². The number of nitrogens with zero attached hydrogens (tertiary/aromatic N) is 6. The molecular weight excluding hydrogens is 877 g/mol. The third-order valence-electron chi connectivity index (χ3n) is 12.9. The zero-order chi connectivity index (χ0) is 46.8. The number of nitrogens with one attached hydrogen (secondary N) is 1. The number of aromatic nitrogens is 5. The Bertz CT molecular complexity index is 3190. The number of aromatic hydroxyl groups is 1. The summed E-state index contributed by atoms with van der Waals surface area (Å²) in [5.41, 5.74) is 2.35. The molecule has 1 saturated heterocycles. The normalized spacial score (nSPS) is 20.0. The van der Waals surface area contributed by atoms with Gasteiger partial charge in [-0.15, -0.1) is 0 Å². The van der Waals surface area contributed by atoms with E-state index in [-0.39, 0.29) is 54.6 Å². The number of anilines is 1. The van der Waals surface area contributed by atoms with Crippen LogP contribution in [0.25, 0.3) is 17.1 Å². The SMILES string of the molecule is COc1cc2nc(CCn3c(=O)n4n(c3=O)C3CC5C(=O)N(Nc6ccc(F)cc6)C(=O)C5(c5ccc(Cl)cc5)C(C=Cc5cc(OC)c(O)c(OC)c5)C3=CC4)c(=O)n(C)c2cc1OC. The summed E-state index contributed by atoms with van der Waals surface area (Å²) in [6, 6.07) is 17.3. The van der Waals surface area contributed by atoms with E-state index >= 15 is 4.79 Å². The molecule has 1 aliphatic carbocycles. The van der Waals surface area contributed by atoms with Crippen LogP contribution in [-0.2, 0) is 41.6 Å². The number of halogens is 2. The standard InChI is InChI=1S/C47H43ClFN7O10/c1-52-36-24-38(64-3)37(63-2)23-34(36)50-33(43(52)59)17-18-53-45(61)54-19-16-30-31(15-6-25-20-39(65-4)41(57)40(21-25)66-5)47(26-7-9-27(48)10-8-26)32(22-35(30)56(54)46(53)62)42(58)55(44(47)60)51-29-13-11-28(49)12-14-29/h6-16,20-21,23-24,31-32,35,51,57H,17-19,22H2,1-5H3. The number of aryl methyl sites for hydroxylation is 2. The van der Waals surface area contributed by atoms with E-state index in [1.807, 2.05) is 0 Å². The molecule has 2 aliphatic heterocycles. The number of hydrogen-bond acceptors (Lipinski definition) is 12. The van der Waals surface area contributed by atoms with Crippen LogP contribution in [0.15, 0.2) is 105 Å². The van der Waals surface area contributed by atoms with Crippen LogP contribution in [0.5, 0.6) is 28.7 Å². The number of rotatable bonds is 12. The highest BCUT2D eigenvalue weighted by atomic mass is 35.5. The number of ether oxygens (including phenoxy) is 4. The maximum Gasteiger partial charge on any atom is 0.347 e. The summed E-state index contributed by atoms with van der Waals surface area (Å²) >= 11 is 6.40. The van der Waals surface area contributed by atoms with E-state index < -0.39 is 57.9 Å².